The van der Waals surface area contributed by atoms with Crippen LogP contribution in [0, 0.1) is 0 Å². The molecule has 0 saturated heterocycles. The molecule has 17 heavy (non-hydrogen) atoms. The van der Waals surface area contributed by atoms with E-state index in [-0.39, 0.29) is 5.91 Å². The molecule has 1 fully saturated rings. The molecule has 0 aromatic carbocycles. The van der Waals surface area contributed by atoms with Crippen molar-refractivity contribution in [2.24, 2.45) is 0 Å². The second kappa shape index (κ2) is 6.12. The van der Waals surface area contributed by atoms with Crippen LogP contribution in [0.25, 0.3) is 0 Å². The number of rotatable bonds is 7. The lowest BCUT2D eigenvalue weighted by atomic mass is 10.2. The molecule has 5 heteroatoms. The largest absolute Gasteiger partial charge is 0.355 e. The third-order valence-corrected chi connectivity index (χ3v) is 3.85. The minimum atomic E-state index is 0.126. The third-order valence-electron chi connectivity index (χ3n) is 2.84. The smallest absolute Gasteiger partial charge is 0.221 e. The van der Waals surface area contributed by atoms with Gasteiger partial charge in [-0.2, -0.15) is 0 Å². The van der Waals surface area contributed by atoms with Crippen molar-refractivity contribution >= 4 is 17.2 Å². The van der Waals surface area contributed by atoms with E-state index in [2.05, 4.69) is 22.5 Å². The second-order valence-electron chi connectivity index (χ2n) is 4.55. The van der Waals surface area contributed by atoms with Gasteiger partial charge in [0.15, 0.2) is 0 Å². The fourth-order valence-electron chi connectivity index (χ4n) is 1.60. The summed E-state index contributed by atoms with van der Waals surface area (Å²) in [5, 5.41) is 9.33. The van der Waals surface area contributed by atoms with Crippen molar-refractivity contribution in [2.75, 3.05) is 13.1 Å². The number of hydrogen-bond donors (Lipinski definition) is 2. The van der Waals surface area contributed by atoms with E-state index in [0.29, 0.717) is 24.9 Å². The molecule has 0 bridgehead atoms. The maximum absolute atomic E-state index is 11.6. The van der Waals surface area contributed by atoms with Crippen LogP contribution in [0.3, 0.4) is 0 Å². The Labute approximate surface area is 106 Å². The summed E-state index contributed by atoms with van der Waals surface area (Å²) in [6.45, 7) is 3.56. The van der Waals surface area contributed by atoms with E-state index >= 15 is 0 Å². The first kappa shape index (κ1) is 12.5. The van der Waals surface area contributed by atoms with Crippen LogP contribution in [0.4, 0.5) is 0 Å². The SMILES string of the molecule is CC(CNC(=O)CCNC1CC1)c1nccs1. The highest BCUT2D eigenvalue weighted by molar-refractivity contribution is 7.09. The number of aromatic nitrogens is 1. The summed E-state index contributed by atoms with van der Waals surface area (Å²) in [5.74, 6) is 0.428. The van der Waals surface area contributed by atoms with Gasteiger partial charge in [-0.15, -0.1) is 11.3 Å². The number of nitrogens with zero attached hydrogens (tertiary/aromatic N) is 1. The normalized spacial score (nSPS) is 16.8. The zero-order valence-electron chi connectivity index (χ0n) is 10.1. The second-order valence-corrected chi connectivity index (χ2v) is 5.48. The summed E-state index contributed by atoms with van der Waals surface area (Å²) in [7, 11) is 0. The fraction of sp³-hybridized carbons (Fsp3) is 0.667. The van der Waals surface area contributed by atoms with E-state index in [1.165, 1.54) is 12.8 Å². The number of carbonyl (C=O) groups is 1. The molecule has 1 saturated carbocycles. The zero-order valence-corrected chi connectivity index (χ0v) is 10.9. The molecule has 1 aromatic rings. The van der Waals surface area contributed by atoms with Crippen molar-refractivity contribution < 1.29 is 4.79 Å². The number of amides is 1. The maximum atomic E-state index is 11.6. The van der Waals surface area contributed by atoms with Crippen molar-refractivity contribution in [3.05, 3.63) is 16.6 Å². The van der Waals surface area contributed by atoms with Crippen molar-refractivity contribution in [1.82, 2.24) is 15.6 Å². The van der Waals surface area contributed by atoms with E-state index in [9.17, 15) is 4.79 Å². The van der Waals surface area contributed by atoms with Gasteiger partial charge in [-0.1, -0.05) is 6.92 Å². The van der Waals surface area contributed by atoms with Gasteiger partial charge in [-0.3, -0.25) is 4.79 Å². The summed E-state index contributed by atoms with van der Waals surface area (Å²) >= 11 is 1.64. The summed E-state index contributed by atoms with van der Waals surface area (Å²) < 4.78 is 0. The summed E-state index contributed by atoms with van der Waals surface area (Å²) in [6.07, 6.45) is 4.91. The summed E-state index contributed by atoms with van der Waals surface area (Å²) in [4.78, 5) is 15.8. The number of hydrogen-bond acceptors (Lipinski definition) is 4. The molecule has 1 atom stereocenters. The quantitative estimate of drug-likeness (QED) is 0.774. The van der Waals surface area contributed by atoms with Crippen molar-refractivity contribution in [3.63, 3.8) is 0 Å². The molecule has 1 aromatic heterocycles. The highest BCUT2D eigenvalue weighted by Crippen LogP contribution is 2.18. The highest BCUT2D eigenvalue weighted by Gasteiger charge is 2.20. The Morgan fingerprint density at radius 1 is 1.65 bits per heavy atom. The van der Waals surface area contributed by atoms with Gasteiger partial charge in [-0.05, 0) is 12.8 Å². The van der Waals surface area contributed by atoms with E-state index in [1.807, 2.05) is 5.38 Å². The van der Waals surface area contributed by atoms with E-state index in [0.717, 1.165) is 11.6 Å². The Morgan fingerprint density at radius 3 is 3.12 bits per heavy atom. The topological polar surface area (TPSA) is 54.0 Å². The van der Waals surface area contributed by atoms with Crippen LogP contribution in [0.5, 0.6) is 0 Å². The van der Waals surface area contributed by atoms with Gasteiger partial charge in [0.25, 0.3) is 0 Å². The molecule has 0 aliphatic heterocycles. The molecular weight excluding hydrogens is 234 g/mol. The highest BCUT2D eigenvalue weighted by atomic mass is 32.1. The van der Waals surface area contributed by atoms with Gasteiger partial charge in [0.1, 0.15) is 0 Å². The Kier molecular flexibility index (Phi) is 4.50. The van der Waals surface area contributed by atoms with Gasteiger partial charge in [0, 0.05) is 43.0 Å². The molecule has 0 radical (unpaired) electrons. The summed E-state index contributed by atoms with van der Waals surface area (Å²) in [6, 6.07) is 0.678. The lowest BCUT2D eigenvalue weighted by Gasteiger charge is -2.10. The predicted octanol–water partition coefficient (Wildman–Crippen LogP) is 1.50. The molecule has 2 N–H and O–H groups in total. The average Bonchev–Trinajstić information content (AvgIpc) is 2.97. The first-order chi connectivity index (χ1) is 8.25. The monoisotopic (exact) mass is 253 g/mol. The Hall–Kier alpha value is -0.940. The number of nitrogens with one attached hydrogen (secondary N) is 2. The average molecular weight is 253 g/mol. The Balaban J connectivity index is 1.58. The lowest BCUT2D eigenvalue weighted by Crippen LogP contribution is -2.30. The van der Waals surface area contributed by atoms with E-state index in [1.54, 1.807) is 17.5 Å². The Bertz CT molecular complexity index is 349. The lowest BCUT2D eigenvalue weighted by molar-refractivity contribution is -0.121. The molecule has 1 aliphatic carbocycles. The summed E-state index contributed by atoms with van der Waals surface area (Å²) in [5.41, 5.74) is 0. The zero-order chi connectivity index (χ0) is 12.1. The molecule has 2 rings (SSSR count). The molecule has 1 heterocycles. The van der Waals surface area contributed by atoms with Gasteiger partial charge in [0.2, 0.25) is 5.91 Å². The molecule has 0 spiro atoms. The van der Waals surface area contributed by atoms with Gasteiger partial charge >= 0.3 is 0 Å². The predicted molar refractivity (Wildman–Crippen MR) is 69.2 cm³/mol. The molecule has 94 valence electrons. The van der Waals surface area contributed by atoms with Crippen LogP contribution >= 0.6 is 11.3 Å². The molecular formula is C12H19N3OS. The number of carbonyl (C=O) groups excluding carboxylic acids is 1. The minimum Gasteiger partial charge on any atom is -0.355 e. The Morgan fingerprint density at radius 2 is 2.47 bits per heavy atom. The van der Waals surface area contributed by atoms with Crippen LogP contribution in [0.2, 0.25) is 0 Å². The maximum Gasteiger partial charge on any atom is 0.221 e. The van der Waals surface area contributed by atoms with Crippen molar-refractivity contribution in [1.29, 1.82) is 0 Å². The van der Waals surface area contributed by atoms with Crippen molar-refractivity contribution in [3.8, 4) is 0 Å². The first-order valence-electron chi connectivity index (χ1n) is 6.15. The fourth-order valence-corrected chi connectivity index (χ4v) is 2.30. The van der Waals surface area contributed by atoms with Crippen molar-refractivity contribution in [2.45, 2.75) is 38.1 Å². The molecule has 1 amide bonds. The van der Waals surface area contributed by atoms with E-state index < -0.39 is 0 Å². The van der Waals surface area contributed by atoms with Crippen LogP contribution in [0.1, 0.15) is 37.1 Å². The standard InChI is InChI=1S/C12H19N3OS/c1-9(12-14-6-7-17-12)8-15-11(16)4-5-13-10-2-3-10/h6-7,9-10,13H,2-5,8H2,1H3,(H,15,16). The molecule has 1 aliphatic rings. The van der Waals surface area contributed by atoms with Gasteiger partial charge in [0.05, 0.1) is 5.01 Å². The van der Waals surface area contributed by atoms with Crippen LogP contribution in [0.15, 0.2) is 11.6 Å². The third kappa shape index (κ3) is 4.44. The van der Waals surface area contributed by atoms with Gasteiger partial charge < -0.3 is 10.6 Å². The number of thiazole rings is 1. The molecule has 1 unspecified atom stereocenters. The van der Waals surface area contributed by atoms with Crippen LogP contribution in [-0.4, -0.2) is 30.0 Å². The van der Waals surface area contributed by atoms with Crippen LogP contribution < -0.4 is 10.6 Å². The first-order valence-corrected chi connectivity index (χ1v) is 7.03. The van der Waals surface area contributed by atoms with Crippen LogP contribution in [-0.2, 0) is 4.79 Å². The van der Waals surface area contributed by atoms with E-state index in [4.69, 9.17) is 0 Å². The van der Waals surface area contributed by atoms with Gasteiger partial charge in [-0.25, -0.2) is 4.98 Å². The minimum absolute atomic E-state index is 0.126. The molecule has 4 nitrogen and oxygen atoms in total.